The second-order valence-electron chi connectivity index (χ2n) is 8.80. The number of nitrogens with two attached hydrogens (primary N) is 1. The van der Waals surface area contributed by atoms with Crippen molar-refractivity contribution in [2.24, 2.45) is 5.73 Å². The Balaban J connectivity index is 1.29. The molecule has 170 valence electrons. The third-order valence-electron chi connectivity index (χ3n) is 6.64. The van der Waals surface area contributed by atoms with Crippen molar-refractivity contribution in [3.63, 3.8) is 0 Å². The van der Waals surface area contributed by atoms with Crippen molar-refractivity contribution in [2.45, 2.75) is 31.9 Å². The van der Waals surface area contributed by atoms with Crippen LogP contribution in [-0.4, -0.2) is 42.6 Å². The lowest BCUT2D eigenvalue weighted by atomic mass is 10.0. The normalized spacial score (nSPS) is 18.2. The number of aryl methyl sites for hydroxylation is 2. The molecule has 2 aliphatic rings. The number of hydrogen-bond acceptors (Lipinski definition) is 5. The minimum absolute atomic E-state index is 0.0785. The Hall–Kier alpha value is -3.22. The number of primary amides is 1. The summed E-state index contributed by atoms with van der Waals surface area (Å²) < 4.78 is 11.8. The number of carbonyl (C=O) groups excluding carboxylic acids is 1. The van der Waals surface area contributed by atoms with E-state index in [2.05, 4.69) is 22.0 Å². The molecule has 1 atom stereocenters. The monoisotopic (exact) mass is 443 g/mol. The average molecular weight is 444 g/mol. The average Bonchev–Trinajstić information content (AvgIpc) is 3.31. The van der Waals surface area contributed by atoms with Crippen LogP contribution in [-0.2, 0) is 24.1 Å². The maximum atomic E-state index is 11.5. The van der Waals surface area contributed by atoms with Crippen LogP contribution in [0.15, 0.2) is 54.7 Å². The van der Waals surface area contributed by atoms with Gasteiger partial charge in [-0.25, -0.2) is 0 Å². The molecule has 1 unspecified atom stereocenters. The maximum Gasteiger partial charge on any atom is 0.248 e. The maximum absolute atomic E-state index is 11.5. The summed E-state index contributed by atoms with van der Waals surface area (Å²) in [6.07, 6.45) is 5.30. The van der Waals surface area contributed by atoms with Crippen molar-refractivity contribution in [1.82, 2.24) is 9.88 Å². The van der Waals surface area contributed by atoms with E-state index >= 15 is 0 Å². The van der Waals surface area contributed by atoms with E-state index in [1.807, 2.05) is 30.5 Å². The van der Waals surface area contributed by atoms with E-state index in [0.717, 1.165) is 55.0 Å². The van der Waals surface area contributed by atoms with Gasteiger partial charge in [-0.2, -0.15) is 0 Å². The summed E-state index contributed by atoms with van der Waals surface area (Å²) in [7, 11) is 1.76. The van der Waals surface area contributed by atoms with Gasteiger partial charge in [0.15, 0.2) is 0 Å². The Bertz CT molecular complexity index is 1160. The van der Waals surface area contributed by atoms with Gasteiger partial charge in [0.25, 0.3) is 0 Å². The van der Waals surface area contributed by atoms with Crippen LogP contribution in [0.1, 0.15) is 45.3 Å². The van der Waals surface area contributed by atoms with Gasteiger partial charge < -0.3 is 15.2 Å². The number of nitrogens with zero attached hydrogens (tertiary/aromatic N) is 2. The molecule has 0 radical (unpaired) electrons. The fourth-order valence-electron chi connectivity index (χ4n) is 4.85. The van der Waals surface area contributed by atoms with Gasteiger partial charge in [0.1, 0.15) is 11.9 Å². The number of aromatic nitrogens is 1. The summed E-state index contributed by atoms with van der Waals surface area (Å²) in [4.78, 5) is 18.6. The third-order valence-corrected chi connectivity index (χ3v) is 6.64. The number of ether oxygens (including phenoxy) is 2. The van der Waals surface area contributed by atoms with Crippen LogP contribution >= 0.6 is 0 Å². The first-order valence-electron chi connectivity index (χ1n) is 11.5. The predicted molar refractivity (Wildman–Crippen MR) is 127 cm³/mol. The molecule has 2 N–H and O–H groups in total. The molecule has 0 bridgehead atoms. The van der Waals surface area contributed by atoms with E-state index in [0.29, 0.717) is 12.2 Å². The fourth-order valence-corrected chi connectivity index (χ4v) is 4.85. The Kier molecular flexibility index (Phi) is 6.11. The molecular weight excluding hydrogens is 414 g/mol. The van der Waals surface area contributed by atoms with Crippen LogP contribution in [0.3, 0.4) is 0 Å². The SMILES string of the molecule is COc1cc2c(cc1CN1CCOC(c3ccc(-c4cccc(C(N)=O)c4)cn3)C1)CCC2. The first-order valence-corrected chi connectivity index (χ1v) is 11.5. The molecule has 1 aliphatic carbocycles. The van der Waals surface area contributed by atoms with Crippen molar-refractivity contribution in [1.29, 1.82) is 0 Å². The van der Waals surface area contributed by atoms with Crippen LogP contribution < -0.4 is 10.5 Å². The molecule has 33 heavy (non-hydrogen) atoms. The molecule has 2 aromatic carbocycles. The van der Waals surface area contributed by atoms with Gasteiger partial charge >= 0.3 is 0 Å². The molecule has 0 saturated carbocycles. The van der Waals surface area contributed by atoms with E-state index in [4.69, 9.17) is 15.2 Å². The minimum Gasteiger partial charge on any atom is -0.496 e. The molecule has 3 aromatic rings. The molecular formula is C27H29N3O3. The first-order chi connectivity index (χ1) is 16.1. The van der Waals surface area contributed by atoms with Crippen molar-refractivity contribution in [3.8, 4) is 16.9 Å². The smallest absolute Gasteiger partial charge is 0.248 e. The number of hydrogen-bond donors (Lipinski definition) is 1. The molecule has 0 spiro atoms. The zero-order valence-electron chi connectivity index (χ0n) is 18.9. The summed E-state index contributed by atoms with van der Waals surface area (Å²) in [6, 6.07) is 15.9. The van der Waals surface area contributed by atoms with Crippen LogP contribution in [0.25, 0.3) is 11.1 Å². The number of methoxy groups -OCH3 is 1. The summed E-state index contributed by atoms with van der Waals surface area (Å²) in [5.74, 6) is 0.552. The molecule has 6 heteroatoms. The number of rotatable bonds is 6. The highest BCUT2D eigenvalue weighted by atomic mass is 16.5. The standard InChI is InChI=1S/C27H29N3O3/c1-32-25-14-20-6-2-4-18(20)13-23(25)16-30-10-11-33-26(17-30)24-9-8-22(15-29-24)19-5-3-7-21(12-19)27(28)31/h3,5,7-9,12-15,26H,2,4,6,10-11,16-17H2,1H3,(H2,28,31). The Labute approximate surface area is 194 Å². The van der Waals surface area contributed by atoms with Crippen LogP contribution in [0, 0.1) is 0 Å². The van der Waals surface area contributed by atoms with E-state index in [1.165, 1.54) is 23.1 Å². The quantitative estimate of drug-likeness (QED) is 0.625. The summed E-state index contributed by atoms with van der Waals surface area (Å²) >= 11 is 0. The fraction of sp³-hybridized carbons (Fsp3) is 0.333. The molecule has 2 heterocycles. The number of amides is 1. The van der Waals surface area contributed by atoms with Gasteiger partial charge in [-0.1, -0.05) is 24.3 Å². The van der Waals surface area contributed by atoms with Crippen molar-refractivity contribution in [2.75, 3.05) is 26.8 Å². The molecule has 1 fully saturated rings. The zero-order valence-corrected chi connectivity index (χ0v) is 18.9. The van der Waals surface area contributed by atoms with Crippen molar-refractivity contribution in [3.05, 3.63) is 82.7 Å². The number of morpholine rings is 1. The Morgan fingerprint density at radius 1 is 1.15 bits per heavy atom. The predicted octanol–water partition coefficient (Wildman–Crippen LogP) is 3.92. The first kappa shape index (κ1) is 21.6. The van der Waals surface area contributed by atoms with Gasteiger partial charge in [-0.15, -0.1) is 0 Å². The number of pyridine rings is 1. The van der Waals surface area contributed by atoms with Crippen molar-refractivity contribution < 1.29 is 14.3 Å². The van der Waals surface area contributed by atoms with Crippen LogP contribution in [0.5, 0.6) is 5.75 Å². The summed E-state index contributed by atoms with van der Waals surface area (Å²) in [6.45, 7) is 3.18. The second-order valence-corrected chi connectivity index (χ2v) is 8.80. The van der Waals surface area contributed by atoms with Gasteiger partial charge in [0.2, 0.25) is 5.91 Å². The molecule has 5 rings (SSSR count). The molecule has 1 amide bonds. The number of fused-ring (bicyclic) bond motifs is 1. The van der Waals surface area contributed by atoms with Crippen LogP contribution in [0.2, 0.25) is 0 Å². The zero-order chi connectivity index (χ0) is 22.8. The highest BCUT2D eigenvalue weighted by Gasteiger charge is 2.25. The Morgan fingerprint density at radius 2 is 2.00 bits per heavy atom. The third kappa shape index (κ3) is 4.63. The Morgan fingerprint density at radius 3 is 2.76 bits per heavy atom. The number of benzene rings is 2. The van der Waals surface area contributed by atoms with E-state index < -0.39 is 5.91 Å². The highest BCUT2D eigenvalue weighted by Crippen LogP contribution is 2.32. The lowest BCUT2D eigenvalue weighted by molar-refractivity contribution is -0.0351. The topological polar surface area (TPSA) is 77.7 Å². The summed E-state index contributed by atoms with van der Waals surface area (Å²) in [5.41, 5.74) is 12.8. The van der Waals surface area contributed by atoms with E-state index in [9.17, 15) is 4.79 Å². The molecule has 1 aromatic heterocycles. The van der Waals surface area contributed by atoms with Gasteiger partial charge in [-0.3, -0.25) is 14.7 Å². The lowest BCUT2D eigenvalue weighted by Crippen LogP contribution is -2.38. The van der Waals surface area contributed by atoms with Gasteiger partial charge in [0.05, 0.1) is 19.4 Å². The number of carbonyl (C=O) groups is 1. The van der Waals surface area contributed by atoms with Crippen LogP contribution in [0.4, 0.5) is 0 Å². The van der Waals surface area contributed by atoms with Gasteiger partial charge in [-0.05, 0) is 60.2 Å². The summed E-state index contributed by atoms with van der Waals surface area (Å²) in [5, 5.41) is 0. The van der Waals surface area contributed by atoms with Gasteiger partial charge in [0, 0.05) is 42.5 Å². The largest absolute Gasteiger partial charge is 0.496 e. The van der Waals surface area contributed by atoms with E-state index in [1.54, 1.807) is 19.2 Å². The lowest BCUT2D eigenvalue weighted by Gasteiger charge is -2.33. The minimum atomic E-state index is -0.433. The highest BCUT2D eigenvalue weighted by molar-refractivity contribution is 5.94. The molecule has 1 saturated heterocycles. The molecule has 6 nitrogen and oxygen atoms in total. The van der Waals surface area contributed by atoms with Crippen molar-refractivity contribution >= 4 is 5.91 Å². The van der Waals surface area contributed by atoms with E-state index in [-0.39, 0.29) is 6.10 Å². The molecule has 1 aliphatic heterocycles. The second kappa shape index (κ2) is 9.33.